The molecule has 1 saturated heterocycles. The van der Waals surface area contributed by atoms with Crippen molar-refractivity contribution in [3.05, 3.63) is 59.7 Å². The molecule has 6 heteroatoms. The summed E-state index contributed by atoms with van der Waals surface area (Å²) in [5.41, 5.74) is 10.4. The normalized spacial score (nSPS) is 21.3. The molecule has 1 aliphatic carbocycles. The highest BCUT2D eigenvalue weighted by molar-refractivity contribution is 5.79. The molecule has 2 aliphatic rings. The summed E-state index contributed by atoms with van der Waals surface area (Å²) < 4.78 is 5.54. The van der Waals surface area contributed by atoms with Crippen LogP contribution in [0.4, 0.5) is 4.79 Å². The van der Waals surface area contributed by atoms with E-state index in [1.165, 1.54) is 16.0 Å². The minimum atomic E-state index is -0.980. The molecule has 0 spiro atoms. The number of ether oxygens (including phenoxy) is 1. The lowest BCUT2D eigenvalue weighted by Gasteiger charge is -2.19. The minimum Gasteiger partial charge on any atom is -0.481 e. The molecule has 134 valence electrons. The molecule has 2 unspecified atom stereocenters. The molecule has 6 nitrogen and oxygen atoms in total. The maximum absolute atomic E-state index is 12.4. The van der Waals surface area contributed by atoms with Gasteiger partial charge < -0.3 is 20.5 Å². The van der Waals surface area contributed by atoms with Crippen LogP contribution in [0.25, 0.3) is 11.1 Å². The van der Waals surface area contributed by atoms with Gasteiger partial charge in [0, 0.05) is 25.0 Å². The fraction of sp³-hybridized carbons (Fsp3) is 0.300. The summed E-state index contributed by atoms with van der Waals surface area (Å²) in [5, 5.41) is 9.15. The van der Waals surface area contributed by atoms with E-state index in [9.17, 15) is 9.59 Å². The van der Waals surface area contributed by atoms with Gasteiger partial charge in [-0.25, -0.2) is 4.79 Å². The number of carbonyl (C=O) groups excluding carboxylic acids is 1. The number of fused-ring (bicyclic) bond motifs is 3. The Morgan fingerprint density at radius 3 is 2.15 bits per heavy atom. The average Bonchev–Trinajstić information content (AvgIpc) is 3.18. The number of benzene rings is 2. The lowest BCUT2D eigenvalue weighted by atomic mass is 9.98. The van der Waals surface area contributed by atoms with Gasteiger partial charge in [-0.05, 0) is 22.3 Å². The standard InChI is InChI=1S/C20H20N2O4/c21-18-10-22(9-16(18)19(23)24)20(25)26-11-17-14-7-3-1-5-12(14)13-6-2-4-8-15(13)17/h1-8,16-18H,9-11,21H2,(H,23,24). The van der Waals surface area contributed by atoms with Gasteiger partial charge >= 0.3 is 12.1 Å². The lowest BCUT2D eigenvalue weighted by molar-refractivity contribution is -0.141. The summed E-state index contributed by atoms with van der Waals surface area (Å²) in [6.07, 6.45) is -0.508. The zero-order chi connectivity index (χ0) is 18.3. The summed E-state index contributed by atoms with van der Waals surface area (Å²) >= 11 is 0. The Balaban J connectivity index is 1.49. The van der Waals surface area contributed by atoms with Crippen molar-refractivity contribution in [1.82, 2.24) is 4.90 Å². The number of nitrogens with two attached hydrogens (primary N) is 1. The lowest BCUT2D eigenvalue weighted by Crippen LogP contribution is -2.34. The number of carbonyl (C=O) groups is 2. The molecule has 0 saturated carbocycles. The maximum atomic E-state index is 12.4. The molecule has 0 bridgehead atoms. The molecule has 0 aromatic heterocycles. The number of nitrogens with zero attached hydrogens (tertiary/aromatic N) is 1. The highest BCUT2D eigenvalue weighted by atomic mass is 16.6. The molecule has 0 radical (unpaired) electrons. The molecule has 3 N–H and O–H groups in total. The molecule has 2 aromatic carbocycles. The molecular formula is C20H20N2O4. The van der Waals surface area contributed by atoms with Crippen LogP contribution < -0.4 is 5.73 Å². The van der Waals surface area contributed by atoms with Crippen LogP contribution in [-0.4, -0.2) is 47.8 Å². The van der Waals surface area contributed by atoms with E-state index in [0.717, 1.165) is 11.1 Å². The number of carboxylic acid groups (broad SMARTS) is 1. The summed E-state index contributed by atoms with van der Waals surface area (Å²) in [6, 6.07) is 15.7. The Bertz CT molecular complexity index is 821. The second kappa shape index (κ2) is 6.46. The second-order valence-corrected chi connectivity index (χ2v) is 6.82. The first kappa shape index (κ1) is 16.6. The van der Waals surface area contributed by atoms with Gasteiger partial charge in [-0.2, -0.15) is 0 Å². The van der Waals surface area contributed by atoms with Crippen LogP contribution in [0.1, 0.15) is 17.0 Å². The fourth-order valence-corrected chi connectivity index (χ4v) is 3.92. The summed E-state index contributed by atoms with van der Waals surface area (Å²) in [6.45, 7) is 0.511. The Labute approximate surface area is 151 Å². The zero-order valence-corrected chi connectivity index (χ0v) is 14.2. The van der Waals surface area contributed by atoms with Crippen molar-refractivity contribution in [2.24, 2.45) is 11.7 Å². The molecule has 26 heavy (non-hydrogen) atoms. The quantitative estimate of drug-likeness (QED) is 0.884. The van der Waals surface area contributed by atoms with Gasteiger partial charge in [-0.1, -0.05) is 48.5 Å². The van der Waals surface area contributed by atoms with Crippen LogP contribution in [0.3, 0.4) is 0 Å². The van der Waals surface area contributed by atoms with Crippen molar-refractivity contribution in [2.75, 3.05) is 19.7 Å². The number of likely N-dealkylation sites (tertiary alicyclic amines) is 1. The Morgan fingerprint density at radius 1 is 1.04 bits per heavy atom. The van der Waals surface area contributed by atoms with Crippen molar-refractivity contribution in [3.63, 3.8) is 0 Å². The first-order valence-corrected chi connectivity index (χ1v) is 8.64. The molecule has 1 amide bonds. The highest BCUT2D eigenvalue weighted by Crippen LogP contribution is 2.44. The number of aliphatic carboxylic acids is 1. The monoisotopic (exact) mass is 352 g/mol. The van der Waals surface area contributed by atoms with E-state index in [2.05, 4.69) is 24.3 Å². The predicted octanol–water partition coefficient (Wildman–Crippen LogP) is 2.28. The summed E-state index contributed by atoms with van der Waals surface area (Å²) in [7, 11) is 0. The van der Waals surface area contributed by atoms with E-state index in [-0.39, 0.29) is 25.6 Å². The zero-order valence-electron chi connectivity index (χ0n) is 14.2. The molecule has 4 rings (SSSR count). The molecule has 1 heterocycles. The van der Waals surface area contributed by atoms with Crippen molar-refractivity contribution in [2.45, 2.75) is 12.0 Å². The minimum absolute atomic E-state index is 0.0158. The van der Waals surface area contributed by atoms with Gasteiger partial charge in [0.2, 0.25) is 0 Å². The predicted molar refractivity (Wildman–Crippen MR) is 95.7 cm³/mol. The van der Waals surface area contributed by atoms with Crippen LogP contribution in [-0.2, 0) is 9.53 Å². The number of hydrogen-bond donors (Lipinski definition) is 2. The number of carboxylic acids is 1. The smallest absolute Gasteiger partial charge is 0.409 e. The van der Waals surface area contributed by atoms with Gasteiger partial charge in [0.1, 0.15) is 6.61 Å². The number of hydrogen-bond acceptors (Lipinski definition) is 4. The van der Waals surface area contributed by atoms with Crippen molar-refractivity contribution >= 4 is 12.1 Å². The third kappa shape index (κ3) is 2.72. The van der Waals surface area contributed by atoms with Crippen LogP contribution in [0, 0.1) is 5.92 Å². The van der Waals surface area contributed by atoms with E-state index in [4.69, 9.17) is 15.6 Å². The topological polar surface area (TPSA) is 92.9 Å². The summed E-state index contributed by atoms with van der Waals surface area (Å²) in [5.74, 6) is -1.74. The molecular weight excluding hydrogens is 332 g/mol. The van der Waals surface area contributed by atoms with Gasteiger partial charge in [-0.3, -0.25) is 4.79 Å². The fourth-order valence-electron chi connectivity index (χ4n) is 3.92. The Hall–Kier alpha value is -2.86. The summed E-state index contributed by atoms with van der Waals surface area (Å²) in [4.78, 5) is 24.9. The average molecular weight is 352 g/mol. The van der Waals surface area contributed by atoms with E-state index in [0.29, 0.717) is 0 Å². The highest BCUT2D eigenvalue weighted by Gasteiger charge is 2.38. The molecule has 2 aromatic rings. The van der Waals surface area contributed by atoms with Crippen molar-refractivity contribution in [3.8, 4) is 11.1 Å². The number of rotatable bonds is 3. The van der Waals surface area contributed by atoms with Crippen LogP contribution in [0.5, 0.6) is 0 Å². The van der Waals surface area contributed by atoms with Crippen molar-refractivity contribution < 1.29 is 19.4 Å². The Morgan fingerprint density at radius 2 is 1.62 bits per heavy atom. The molecule has 1 aliphatic heterocycles. The van der Waals surface area contributed by atoms with E-state index >= 15 is 0 Å². The van der Waals surface area contributed by atoms with Gasteiger partial charge in [-0.15, -0.1) is 0 Å². The first-order valence-electron chi connectivity index (χ1n) is 8.64. The van der Waals surface area contributed by atoms with E-state index < -0.39 is 24.0 Å². The third-order valence-corrected chi connectivity index (χ3v) is 5.28. The number of amides is 1. The van der Waals surface area contributed by atoms with Gasteiger partial charge in [0.25, 0.3) is 0 Å². The first-order chi connectivity index (χ1) is 12.6. The second-order valence-electron chi connectivity index (χ2n) is 6.82. The van der Waals surface area contributed by atoms with Gasteiger partial charge in [0.15, 0.2) is 0 Å². The van der Waals surface area contributed by atoms with E-state index in [1.807, 2.05) is 24.3 Å². The molecule has 2 atom stereocenters. The van der Waals surface area contributed by atoms with E-state index in [1.54, 1.807) is 0 Å². The van der Waals surface area contributed by atoms with Gasteiger partial charge in [0.05, 0.1) is 5.92 Å². The Kier molecular flexibility index (Phi) is 4.12. The molecule has 1 fully saturated rings. The third-order valence-electron chi connectivity index (χ3n) is 5.28. The van der Waals surface area contributed by atoms with Crippen LogP contribution in [0.2, 0.25) is 0 Å². The van der Waals surface area contributed by atoms with Crippen molar-refractivity contribution in [1.29, 1.82) is 0 Å². The van der Waals surface area contributed by atoms with Crippen LogP contribution in [0.15, 0.2) is 48.5 Å². The van der Waals surface area contributed by atoms with Crippen LogP contribution >= 0.6 is 0 Å². The maximum Gasteiger partial charge on any atom is 0.409 e. The largest absolute Gasteiger partial charge is 0.481 e. The SMILES string of the molecule is NC1CN(C(=O)OCC2c3ccccc3-c3ccccc32)CC1C(=O)O.